The van der Waals surface area contributed by atoms with E-state index >= 15 is 0 Å². The molecular formula is C15H15Cl2N5O6S. The summed E-state index contributed by atoms with van der Waals surface area (Å²) < 4.78 is 29.6. The van der Waals surface area contributed by atoms with Gasteiger partial charge in [0.25, 0.3) is 15.8 Å². The van der Waals surface area contributed by atoms with Crippen LogP contribution in [0.4, 0.5) is 5.69 Å². The van der Waals surface area contributed by atoms with Crippen molar-refractivity contribution in [3.8, 4) is 0 Å². The molecule has 0 amide bonds. The first-order chi connectivity index (χ1) is 13.5. The van der Waals surface area contributed by atoms with Crippen LogP contribution in [0.5, 0.6) is 0 Å². The normalized spacial score (nSPS) is 11.7. The van der Waals surface area contributed by atoms with E-state index in [-0.39, 0.29) is 32.2 Å². The van der Waals surface area contributed by atoms with Gasteiger partial charge >= 0.3 is 0 Å². The van der Waals surface area contributed by atoms with Gasteiger partial charge in [-0.2, -0.15) is 13.5 Å². The van der Waals surface area contributed by atoms with Crippen LogP contribution in [0.25, 0.3) is 0 Å². The third kappa shape index (κ3) is 8.01. The molecule has 2 aromatic rings. The van der Waals surface area contributed by atoms with Crippen LogP contribution in [0.2, 0.25) is 10.0 Å². The van der Waals surface area contributed by atoms with Gasteiger partial charge in [-0.3, -0.25) is 19.9 Å². The second kappa shape index (κ2) is 10.7. The standard InChI is InChI=1S/C8H7Cl2N5O3.C7H8O3S/c9-5-1-4(3-12-13-8(11)14-16)7(15(17)18)6(10)2-5;1-6-2-4-7(5-3-6)11(8,9)10/h1-3,16H,(H3,11,13,14);2-5H,1H3,(H,8,9,10). The first-order valence-electron chi connectivity index (χ1n) is 7.40. The van der Waals surface area contributed by atoms with Gasteiger partial charge in [0.2, 0.25) is 5.96 Å². The van der Waals surface area contributed by atoms with Crippen LogP contribution in [-0.4, -0.2) is 35.3 Å². The van der Waals surface area contributed by atoms with Crippen molar-refractivity contribution < 1.29 is 23.1 Å². The Morgan fingerprint density at radius 1 is 1.28 bits per heavy atom. The lowest BCUT2D eigenvalue weighted by atomic mass is 10.2. The van der Waals surface area contributed by atoms with Gasteiger partial charge in [-0.05, 0) is 31.2 Å². The van der Waals surface area contributed by atoms with E-state index < -0.39 is 15.0 Å². The lowest BCUT2D eigenvalue weighted by Gasteiger charge is -2.00. The molecule has 0 fully saturated rings. The summed E-state index contributed by atoms with van der Waals surface area (Å²) in [4.78, 5) is 10.1. The Morgan fingerprint density at radius 3 is 2.34 bits per heavy atom. The van der Waals surface area contributed by atoms with Crippen molar-refractivity contribution in [2.45, 2.75) is 11.8 Å². The number of hydroxylamine groups is 1. The summed E-state index contributed by atoms with van der Waals surface area (Å²) in [7, 11) is -4.02. The molecule has 0 aliphatic rings. The highest BCUT2D eigenvalue weighted by Crippen LogP contribution is 2.30. The van der Waals surface area contributed by atoms with Crippen molar-refractivity contribution >= 4 is 51.2 Å². The van der Waals surface area contributed by atoms with E-state index in [2.05, 4.69) is 10.2 Å². The van der Waals surface area contributed by atoms with Gasteiger partial charge in [0.1, 0.15) is 5.02 Å². The van der Waals surface area contributed by atoms with Gasteiger partial charge in [0.05, 0.1) is 21.6 Å². The van der Waals surface area contributed by atoms with E-state index in [1.54, 1.807) is 12.1 Å². The summed E-state index contributed by atoms with van der Waals surface area (Å²) in [6, 6.07) is 8.53. The summed E-state index contributed by atoms with van der Waals surface area (Å²) in [5, 5.41) is 26.0. The fourth-order valence-electron chi connectivity index (χ4n) is 1.76. The third-order valence-electron chi connectivity index (χ3n) is 3.04. The number of nitrogens with two attached hydrogens (primary N) is 1. The van der Waals surface area contributed by atoms with Gasteiger partial charge in [0, 0.05) is 5.02 Å². The van der Waals surface area contributed by atoms with Crippen molar-refractivity contribution in [2.75, 3.05) is 0 Å². The number of hydrogen-bond donors (Lipinski definition) is 4. The van der Waals surface area contributed by atoms with E-state index in [1.165, 1.54) is 29.7 Å². The summed E-state index contributed by atoms with van der Waals surface area (Å²) in [6.07, 6.45) is 1.04. The maximum atomic E-state index is 10.8. The molecular weight excluding hydrogens is 449 g/mol. The highest BCUT2D eigenvalue weighted by atomic mass is 35.5. The molecule has 0 atom stereocenters. The fraction of sp³-hybridized carbons (Fsp3) is 0.0667. The quantitative estimate of drug-likeness (QED) is 0.175. The Kier molecular flexibility index (Phi) is 8.94. The van der Waals surface area contributed by atoms with Crippen LogP contribution >= 0.6 is 23.2 Å². The number of aryl methyl sites for hydroxylation is 1. The van der Waals surface area contributed by atoms with Crippen LogP contribution in [-0.2, 0) is 10.1 Å². The van der Waals surface area contributed by atoms with Gasteiger partial charge in [-0.15, -0.1) is 5.10 Å². The van der Waals surface area contributed by atoms with E-state index in [9.17, 15) is 18.5 Å². The van der Waals surface area contributed by atoms with Crippen LogP contribution in [0.3, 0.4) is 0 Å². The number of guanidine groups is 1. The number of nitrogens with zero attached hydrogens (tertiary/aromatic N) is 3. The van der Waals surface area contributed by atoms with Crippen LogP contribution in [0, 0.1) is 17.0 Å². The SMILES string of the molecule is Cc1ccc(S(=O)(=O)O)cc1.NC(=NN=Cc1cc(Cl)cc(Cl)c1[N+](=O)[O-])NO. The number of benzene rings is 2. The van der Waals surface area contributed by atoms with E-state index in [0.717, 1.165) is 11.8 Å². The van der Waals surface area contributed by atoms with Crippen LogP contribution in [0.15, 0.2) is 51.5 Å². The molecule has 0 saturated heterocycles. The van der Waals surface area contributed by atoms with Crippen molar-refractivity contribution in [3.63, 3.8) is 0 Å². The summed E-state index contributed by atoms with van der Waals surface area (Å²) in [5.74, 6) is -0.373. The molecule has 0 saturated carbocycles. The topological polar surface area (TPSA) is 181 Å². The first-order valence-corrected chi connectivity index (χ1v) is 9.59. The molecule has 0 radical (unpaired) electrons. The molecule has 2 rings (SSSR count). The zero-order valence-corrected chi connectivity index (χ0v) is 17.0. The Balaban J connectivity index is 0.000000326. The van der Waals surface area contributed by atoms with E-state index in [0.29, 0.717) is 0 Å². The number of nitro benzene ring substituents is 1. The summed E-state index contributed by atoms with van der Waals surface area (Å²) in [5.41, 5.74) is 7.29. The molecule has 0 bridgehead atoms. The second-order valence-corrected chi connectivity index (χ2v) is 7.48. The van der Waals surface area contributed by atoms with Crippen LogP contribution < -0.4 is 11.2 Å². The van der Waals surface area contributed by atoms with Crippen molar-refractivity contribution in [3.05, 3.63) is 67.7 Å². The maximum absolute atomic E-state index is 10.8. The summed E-state index contributed by atoms with van der Waals surface area (Å²) in [6.45, 7) is 1.84. The average molecular weight is 464 g/mol. The average Bonchev–Trinajstić information content (AvgIpc) is 2.60. The molecule has 0 heterocycles. The number of nitro groups is 1. The number of hydrogen-bond acceptors (Lipinski definition) is 7. The van der Waals surface area contributed by atoms with Crippen molar-refractivity contribution in [1.82, 2.24) is 5.48 Å². The van der Waals surface area contributed by atoms with Gasteiger partial charge < -0.3 is 5.73 Å². The molecule has 2 aromatic carbocycles. The van der Waals surface area contributed by atoms with E-state index in [1.807, 2.05) is 6.92 Å². The lowest BCUT2D eigenvalue weighted by molar-refractivity contribution is -0.384. The predicted octanol–water partition coefficient (Wildman–Crippen LogP) is 2.77. The molecule has 5 N–H and O–H groups in total. The van der Waals surface area contributed by atoms with Crippen molar-refractivity contribution in [2.24, 2.45) is 15.9 Å². The Labute approximate surface area is 175 Å². The minimum absolute atomic E-state index is 0.0620. The molecule has 0 aliphatic heterocycles. The Morgan fingerprint density at radius 2 is 1.86 bits per heavy atom. The first kappa shape index (κ1) is 24.3. The lowest BCUT2D eigenvalue weighted by Crippen LogP contribution is -2.27. The molecule has 0 aliphatic carbocycles. The summed E-state index contributed by atoms with van der Waals surface area (Å²) >= 11 is 11.4. The fourth-order valence-corrected chi connectivity index (χ4v) is 2.82. The molecule has 0 unspecified atom stereocenters. The van der Waals surface area contributed by atoms with Crippen molar-refractivity contribution in [1.29, 1.82) is 0 Å². The molecule has 0 spiro atoms. The minimum Gasteiger partial charge on any atom is -0.367 e. The van der Waals surface area contributed by atoms with Crippen LogP contribution in [0.1, 0.15) is 11.1 Å². The zero-order valence-electron chi connectivity index (χ0n) is 14.7. The van der Waals surface area contributed by atoms with Gasteiger partial charge in [0.15, 0.2) is 0 Å². The highest BCUT2D eigenvalue weighted by molar-refractivity contribution is 7.85. The monoisotopic (exact) mass is 463 g/mol. The zero-order chi connectivity index (χ0) is 22.2. The number of halogens is 2. The maximum Gasteiger partial charge on any atom is 0.296 e. The predicted molar refractivity (Wildman–Crippen MR) is 108 cm³/mol. The molecule has 156 valence electrons. The second-order valence-electron chi connectivity index (χ2n) is 5.21. The molecule has 14 heteroatoms. The van der Waals surface area contributed by atoms with Gasteiger partial charge in [-0.25, -0.2) is 5.48 Å². The number of nitrogens with one attached hydrogen (secondary N) is 1. The Hall–Kier alpha value is -2.77. The minimum atomic E-state index is -4.02. The van der Waals surface area contributed by atoms with Gasteiger partial charge in [-0.1, -0.05) is 40.9 Å². The smallest absolute Gasteiger partial charge is 0.296 e. The number of rotatable bonds is 4. The third-order valence-corrected chi connectivity index (χ3v) is 4.41. The highest BCUT2D eigenvalue weighted by Gasteiger charge is 2.18. The molecule has 11 nitrogen and oxygen atoms in total. The van der Waals surface area contributed by atoms with E-state index in [4.69, 9.17) is 38.7 Å². The molecule has 0 aromatic heterocycles. The molecule has 29 heavy (non-hydrogen) atoms. The Bertz CT molecular complexity index is 1040. The largest absolute Gasteiger partial charge is 0.367 e.